The first kappa shape index (κ1) is 11.9. The van der Waals surface area contributed by atoms with E-state index in [-0.39, 0.29) is 5.92 Å². The van der Waals surface area contributed by atoms with Crippen molar-refractivity contribution in [2.24, 2.45) is 0 Å². The van der Waals surface area contributed by atoms with E-state index < -0.39 is 0 Å². The monoisotopic (exact) mass is 253 g/mol. The molecule has 0 unspecified atom stereocenters. The van der Waals surface area contributed by atoms with Gasteiger partial charge in [-0.1, -0.05) is 19.1 Å². The Bertz CT molecular complexity index is 452. The second kappa shape index (κ2) is 5.17. The van der Waals surface area contributed by atoms with Crippen LogP contribution in [0.15, 0.2) is 0 Å². The maximum atomic E-state index is 4.43. The van der Waals surface area contributed by atoms with Gasteiger partial charge in [-0.25, -0.2) is 4.98 Å². The fourth-order valence-corrected chi connectivity index (χ4v) is 2.21. The number of nitrogens with one attached hydrogen (secondary N) is 1. The van der Waals surface area contributed by atoms with E-state index in [1.54, 1.807) is 0 Å². The van der Waals surface area contributed by atoms with Crippen LogP contribution in [0.4, 0.5) is 5.13 Å². The van der Waals surface area contributed by atoms with Gasteiger partial charge in [0.15, 0.2) is 5.82 Å². The van der Waals surface area contributed by atoms with Crippen molar-refractivity contribution in [3.63, 3.8) is 0 Å². The van der Waals surface area contributed by atoms with Crippen molar-refractivity contribution in [2.45, 2.75) is 26.2 Å². The Balaban J connectivity index is 1.99. The van der Waals surface area contributed by atoms with Gasteiger partial charge in [0.2, 0.25) is 5.13 Å². The Morgan fingerprint density at radius 3 is 2.88 bits per heavy atom. The third kappa shape index (κ3) is 2.76. The van der Waals surface area contributed by atoms with Crippen LogP contribution in [0.3, 0.4) is 0 Å². The quantitative estimate of drug-likeness (QED) is 0.850. The molecule has 0 aliphatic rings. The number of rotatable bonds is 5. The smallest absolute Gasteiger partial charge is 0.204 e. The molecule has 0 spiro atoms. The van der Waals surface area contributed by atoms with E-state index in [1.807, 2.05) is 14.0 Å². The molecule has 0 saturated carbocycles. The number of aryl methyl sites for hydroxylation is 1. The average Bonchev–Trinajstić information content (AvgIpc) is 3.00. The van der Waals surface area contributed by atoms with Gasteiger partial charge in [-0.2, -0.15) is 9.59 Å². The Hall–Kier alpha value is -1.57. The third-order valence-electron chi connectivity index (χ3n) is 2.45. The van der Waals surface area contributed by atoms with Gasteiger partial charge < -0.3 is 4.90 Å². The normalized spacial score (nSPS) is 12.6. The number of nitrogens with zero attached hydrogens (tertiary/aromatic N) is 6. The van der Waals surface area contributed by atoms with E-state index >= 15 is 0 Å². The minimum absolute atomic E-state index is 0.202. The van der Waals surface area contributed by atoms with Crippen molar-refractivity contribution in [2.75, 3.05) is 18.5 Å². The molecule has 2 aromatic rings. The molecule has 7 nitrogen and oxygen atoms in total. The lowest BCUT2D eigenvalue weighted by Crippen LogP contribution is -2.23. The summed E-state index contributed by atoms with van der Waals surface area (Å²) in [5.41, 5.74) is 0. The molecule has 92 valence electrons. The van der Waals surface area contributed by atoms with Crippen LogP contribution in [0.5, 0.6) is 0 Å². The third-order valence-corrected chi connectivity index (χ3v) is 3.32. The number of aromatic amines is 1. The summed E-state index contributed by atoms with van der Waals surface area (Å²) in [4.78, 5) is 6.50. The lowest BCUT2D eigenvalue weighted by atomic mass is 10.1. The molecule has 0 radical (unpaired) electrons. The standard InChI is InChI=1S/C9H15N7S/c1-4-7-10-9(17-13-7)16(3)5-6(2)8-11-14-15-12-8/h6H,4-5H2,1-3H3,(H,11,12,14,15)/t6-/m1/s1. The Kier molecular flexibility index (Phi) is 3.62. The molecule has 0 saturated heterocycles. The van der Waals surface area contributed by atoms with Crippen molar-refractivity contribution < 1.29 is 0 Å². The number of H-pyrrole nitrogens is 1. The molecule has 0 fully saturated rings. The van der Waals surface area contributed by atoms with Gasteiger partial charge in [-0.3, -0.25) is 0 Å². The molecule has 0 aromatic carbocycles. The largest absolute Gasteiger partial charge is 0.349 e. The highest BCUT2D eigenvalue weighted by molar-refractivity contribution is 7.09. The fourth-order valence-electron chi connectivity index (χ4n) is 1.49. The molecule has 2 rings (SSSR count). The molecule has 2 aromatic heterocycles. The van der Waals surface area contributed by atoms with Gasteiger partial charge in [0, 0.05) is 37.5 Å². The number of hydrogen-bond donors (Lipinski definition) is 1. The Morgan fingerprint density at radius 2 is 2.29 bits per heavy atom. The molecule has 0 bridgehead atoms. The van der Waals surface area contributed by atoms with E-state index in [4.69, 9.17) is 0 Å². The predicted molar refractivity (Wildman–Crippen MR) is 65.1 cm³/mol. The van der Waals surface area contributed by atoms with Crippen LogP contribution < -0.4 is 4.90 Å². The van der Waals surface area contributed by atoms with Crippen LogP contribution in [0.25, 0.3) is 0 Å². The summed E-state index contributed by atoms with van der Waals surface area (Å²) in [6.45, 7) is 4.90. The maximum absolute atomic E-state index is 4.43. The van der Waals surface area contributed by atoms with Crippen LogP contribution in [-0.4, -0.2) is 43.6 Å². The van der Waals surface area contributed by atoms with E-state index in [0.29, 0.717) is 0 Å². The van der Waals surface area contributed by atoms with Crippen LogP contribution >= 0.6 is 11.5 Å². The van der Waals surface area contributed by atoms with Crippen LogP contribution in [0.2, 0.25) is 0 Å². The topological polar surface area (TPSA) is 83.5 Å². The molecule has 0 aliphatic carbocycles. The first-order valence-electron chi connectivity index (χ1n) is 5.47. The number of tetrazole rings is 1. The molecule has 2 heterocycles. The van der Waals surface area contributed by atoms with Crippen molar-refractivity contribution >= 4 is 16.7 Å². The minimum atomic E-state index is 0.202. The molecule has 8 heteroatoms. The van der Waals surface area contributed by atoms with Gasteiger partial charge in [0.05, 0.1) is 0 Å². The van der Waals surface area contributed by atoms with Gasteiger partial charge in [0.1, 0.15) is 5.82 Å². The maximum Gasteiger partial charge on any atom is 0.204 e. The zero-order chi connectivity index (χ0) is 12.3. The summed E-state index contributed by atoms with van der Waals surface area (Å²) in [5, 5.41) is 14.9. The van der Waals surface area contributed by atoms with Crippen molar-refractivity contribution in [3.05, 3.63) is 11.6 Å². The highest BCUT2D eigenvalue weighted by Crippen LogP contribution is 2.19. The highest BCUT2D eigenvalue weighted by atomic mass is 32.1. The second-order valence-corrected chi connectivity index (χ2v) is 4.63. The molecule has 0 aliphatic heterocycles. The molecule has 17 heavy (non-hydrogen) atoms. The molecular weight excluding hydrogens is 238 g/mol. The van der Waals surface area contributed by atoms with E-state index in [0.717, 1.165) is 29.7 Å². The summed E-state index contributed by atoms with van der Waals surface area (Å²) in [6, 6.07) is 0. The Labute approximate surface area is 103 Å². The summed E-state index contributed by atoms with van der Waals surface area (Å²) in [6.07, 6.45) is 0.866. The van der Waals surface area contributed by atoms with E-state index in [1.165, 1.54) is 11.5 Å². The number of hydrogen-bond acceptors (Lipinski definition) is 7. The van der Waals surface area contributed by atoms with Crippen LogP contribution in [0.1, 0.15) is 31.4 Å². The zero-order valence-electron chi connectivity index (χ0n) is 10.1. The molecule has 1 N–H and O–H groups in total. The van der Waals surface area contributed by atoms with Crippen molar-refractivity contribution in [1.29, 1.82) is 0 Å². The fraction of sp³-hybridized carbons (Fsp3) is 0.667. The SMILES string of the molecule is CCc1nsc(N(C)C[C@@H](C)c2nn[nH]n2)n1. The predicted octanol–water partition coefficient (Wildman–Crippen LogP) is 0.853. The summed E-state index contributed by atoms with van der Waals surface area (Å²) in [5.74, 6) is 1.81. The van der Waals surface area contributed by atoms with Gasteiger partial charge in [-0.05, 0) is 0 Å². The first-order chi connectivity index (χ1) is 8.20. The number of aromatic nitrogens is 6. The lowest BCUT2D eigenvalue weighted by Gasteiger charge is -2.17. The zero-order valence-corrected chi connectivity index (χ0v) is 10.9. The van der Waals surface area contributed by atoms with E-state index in [2.05, 4.69) is 41.8 Å². The van der Waals surface area contributed by atoms with Crippen molar-refractivity contribution in [1.82, 2.24) is 30.0 Å². The summed E-state index contributed by atoms with van der Waals surface area (Å²) >= 11 is 1.42. The van der Waals surface area contributed by atoms with Crippen molar-refractivity contribution in [3.8, 4) is 0 Å². The van der Waals surface area contributed by atoms with Crippen LogP contribution in [-0.2, 0) is 6.42 Å². The van der Waals surface area contributed by atoms with Crippen LogP contribution in [0, 0.1) is 0 Å². The number of likely N-dealkylation sites (N-methyl/N-ethyl adjacent to an activating group) is 1. The molecule has 1 atom stereocenters. The second-order valence-electron chi connectivity index (χ2n) is 3.90. The number of anilines is 1. The molecular formula is C9H15N7S. The van der Waals surface area contributed by atoms with Gasteiger partial charge in [0.25, 0.3) is 0 Å². The average molecular weight is 253 g/mol. The minimum Gasteiger partial charge on any atom is -0.349 e. The summed E-state index contributed by atoms with van der Waals surface area (Å²) < 4.78 is 4.26. The molecule has 0 amide bonds. The summed E-state index contributed by atoms with van der Waals surface area (Å²) in [7, 11) is 2.00. The van der Waals surface area contributed by atoms with E-state index in [9.17, 15) is 0 Å². The first-order valence-corrected chi connectivity index (χ1v) is 6.25. The lowest BCUT2D eigenvalue weighted by molar-refractivity contribution is 0.685. The Morgan fingerprint density at radius 1 is 1.47 bits per heavy atom. The van der Waals surface area contributed by atoms with Gasteiger partial charge >= 0.3 is 0 Å². The highest BCUT2D eigenvalue weighted by Gasteiger charge is 2.15. The van der Waals surface area contributed by atoms with Gasteiger partial charge in [-0.15, -0.1) is 10.2 Å².